The molecule has 0 saturated heterocycles. The Hall–Kier alpha value is -2.66. The summed E-state index contributed by atoms with van der Waals surface area (Å²) in [5.74, 6) is 0.845. The van der Waals surface area contributed by atoms with Crippen molar-refractivity contribution in [2.45, 2.75) is 40.5 Å². The number of hydrogen-bond donors (Lipinski definition) is 1. The highest BCUT2D eigenvalue weighted by Gasteiger charge is 2.12. The summed E-state index contributed by atoms with van der Waals surface area (Å²) in [6, 6.07) is 14.4. The second kappa shape index (κ2) is 9.02. The molecule has 1 aromatic heterocycles. The molecule has 0 aliphatic rings. The molecule has 3 rings (SSSR count). The van der Waals surface area contributed by atoms with E-state index in [-0.39, 0.29) is 5.91 Å². The second-order valence-corrected chi connectivity index (χ2v) is 8.26. The molecular formula is C23H26N2O2S. The van der Waals surface area contributed by atoms with Gasteiger partial charge in [-0.3, -0.25) is 4.79 Å². The first-order valence-electron chi connectivity index (χ1n) is 9.47. The largest absolute Gasteiger partial charge is 0.493 e. The van der Waals surface area contributed by atoms with Crippen molar-refractivity contribution < 1.29 is 9.53 Å². The van der Waals surface area contributed by atoms with Gasteiger partial charge in [-0.25, -0.2) is 4.98 Å². The van der Waals surface area contributed by atoms with Crippen molar-refractivity contribution in [2.24, 2.45) is 0 Å². The number of aromatic nitrogens is 1. The molecule has 146 valence electrons. The smallest absolute Gasteiger partial charge is 0.226 e. The van der Waals surface area contributed by atoms with E-state index in [0.29, 0.717) is 24.6 Å². The van der Waals surface area contributed by atoms with Crippen LogP contribution in [0, 0.1) is 27.7 Å². The number of ether oxygens (including phenoxy) is 1. The molecule has 0 aliphatic carbocycles. The lowest BCUT2D eigenvalue weighted by molar-refractivity contribution is -0.116. The van der Waals surface area contributed by atoms with Gasteiger partial charge in [-0.1, -0.05) is 47.5 Å². The summed E-state index contributed by atoms with van der Waals surface area (Å²) in [4.78, 5) is 17.9. The number of carbonyl (C=O) groups excluding carboxylic acids is 1. The van der Waals surface area contributed by atoms with E-state index < -0.39 is 0 Å². The Morgan fingerprint density at radius 1 is 1.04 bits per heavy atom. The minimum absolute atomic E-state index is 0.0339. The number of carbonyl (C=O) groups is 1. The predicted molar refractivity (Wildman–Crippen MR) is 116 cm³/mol. The summed E-state index contributed by atoms with van der Waals surface area (Å²) < 4.78 is 5.79. The van der Waals surface area contributed by atoms with E-state index in [2.05, 4.69) is 54.5 Å². The van der Waals surface area contributed by atoms with E-state index in [0.717, 1.165) is 27.4 Å². The Kier molecular flexibility index (Phi) is 6.47. The van der Waals surface area contributed by atoms with Gasteiger partial charge in [-0.15, -0.1) is 11.3 Å². The first-order valence-corrected chi connectivity index (χ1v) is 10.3. The highest BCUT2D eigenvalue weighted by atomic mass is 32.1. The Balaban J connectivity index is 1.50. The molecule has 0 spiro atoms. The number of rotatable bonds is 7. The molecule has 1 N–H and O–H groups in total. The summed E-state index contributed by atoms with van der Waals surface area (Å²) >= 11 is 1.51. The van der Waals surface area contributed by atoms with Crippen LogP contribution in [0.5, 0.6) is 5.75 Å². The summed E-state index contributed by atoms with van der Waals surface area (Å²) in [6.45, 7) is 8.70. The van der Waals surface area contributed by atoms with E-state index >= 15 is 0 Å². The minimum Gasteiger partial charge on any atom is -0.493 e. The second-order valence-electron chi connectivity index (χ2n) is 7.06. The van der Waals surface area contributed by atoms with Crippen molar-refractivity contribution in [3.8, 4) is 17.0 Å². The number of benzene rings is 2. The number of hydrogen-bond acceptors (Lipinski definition) is 4. The summed E-state index contributed by atoms with van der Waals surface area (Å²) in [7, 11) is 0. The maximum absolute atomic E-state index is 12.2. The first kappa shape index (κ1) is 20.1. The third-order valence-electron chi connectivity index (χ3n) is 4.50. The van der Waals surface area contributed by atoms with Crippen LogP contribution in [0.2, 0.25) is 0 Å². The van der Waals surface area contributed by atoms with Gasteiger partial charge in [0, 0.05) is 16.9 Å². The van der Waals surface area contributed by atoms with Crippen LogP contribution in [0.1, 0.15) is 34.4 Å². The maximum Gasteiger partial charge on any atom is 0.226 e. The fourth-order valence-corrected chi connectivity index (χ4v) is 3.84. The van der Waals surface area contributed by atoms with Gasteiger partial charge in [0.2, 0.25) is 5.91 Å². The highest BCUT2D eigenvalue weighted by molar-refractivity contribution is 7.16. The van der Waals surface area contributed by atoms with E-state index in [1.54, 1.807) is 0 Å². The molecule has 1 heterocycles. The van der Waals surface area contributed by atoms with Crippen LogP contribution in [-0.2, 0) is 4.79 Å². The van der Waals surface area contributed by atoms with Gasteiger partial charge >= 0.3 is 0 Å². The molecule has 0 bridgehead atoms. The summed E-state index contributed by atoms with van der Waals surface area (Å²) in [6.07, 6.45) is 1.07. The van der Waals surface area contributed by atoms with Crippen LogP contribution in [-0.4, -0.2) is 17.5 Å². The number of anilines is 1. The quantitative estimate of drug-likeness (QED) is 0.512. The third-order valence-corrected chi connectivity index (χ3v) is 5.39. The normalized spacial score (nSPS) is 10.7. The van der Waals surface area contributed by atoms with Crippen LogP contribution >= 0.6 is 11.3 Å². The Morgan fingerprint density at radius 3 is 2.46 bits per heavy atom. The van der Waals surface area contributed by atoms with Crippen LogP contribution in [0.3, 0.4) is 0 Å². The van der Waals surface area contributed by atoms with Crippen molar-refractivity contribution in [3.05, 3.63) is 64.0 Å². The molecular weight excluding hydrogens is 368 g/mol. The summed E-state index contributed by atoms with van der Waals surface area (Å²) in [5, 5.41) is 3.56. The zero-order chi connectivity index (χ0) is 20.1. The van der Waals surface area contributed by atoms with Gasteiger partial charge in [0.05, 0.1) is 12.3 Å². The molecule has 0 fully saturated rings. The van der Waals surface area contributed by atoms with Crippen molar-refractivity contribution in [1.29, 1.82) is 0 Å². The molecule has 0 atom stereocenters. The first-order chi connectivity index (χ1) is 13.4. The van der Waals surface area contributed by atoms with Crippen LogP contribution in [0.4, 0.5) is 5.13 Å². The van der Waals surface area contributed by atoms with Crippen LogP contribution in [0.15, 0.2) is 42.5 Å². The Bertz CT molecular complexity index is 961. The standard InChI is InChI=1S/C23H26N2O2S/c1-15-7-10-19(11-8-15)22-18(4)28-23(25-22)24-21(26)6-5-13-27-20-12-9-16(2)14-17(20)3/h7-12,14H,5-6,13H2,1-4H3,(H,24,25,26). The number of nitrogens with one attached hydrogen (secondary N) is 1. The van der Waals surface area contributed by atoms with E-state index in [4.69, 9.17) is 4.74 Å². The predicted octanol–water partition coefficient (Wildman–Crippen LogP) is 5.84. The Morgan fingerprint density at radius 2 is 1.75 bits per heavy atom. The molecule has 5 heteroatoms. The lowest BCUT2D eigenvalue weighted by Crippen LogP contribution is -2.12. The van der Waals surface area contributed by atoms with Gasteiger partial charge in [0.1, 0.15) is 5.75 Å². The number of thiazole rings is 1. The summed E-state index contributed by atoms with van der Waals surface area (Å²) in [5.41, 5.74) is 5.55. The number of amides is 1. The molecule has 4 nitrogen and oxygen atoms in total. The van der Waals surface area contributed by atoms with Crippen LogP contribution in [0.25, 0.3) is 11.3 Å². The van der Waals surface area contributed by atoms with Crippen molar-refractivity contribution >= 4 is 22.4 Å². The monoisotopic (exact) mass is 394 g/mol. The molecule has 0 saturated carbocycles. The van der Waals surface area contributed by atoms with Crippen molar-refractivity contribution in [2.75, 3.05) is 11.9 Å². The van der Waals surface area contributed by atoms with E-state index in [1.807, 2.05) is 26.0 Å². The van der Waals surface area contributed by atoms with Gasteiger partial charge < -0.3 is 10.1 Å². The average Bonchev–Trinajstić information content (AvgIpc) is 3.01. The SMILES string of the molecule is Cc1ccc(-c2nc(NC(=O)CCCOc3ccc(C)cc3C)sc2C)cc1. The zero-order valence-corrected chi connectivity index (χ0v) is 17.7. The molecule has 3 aromatic rings. The number of nitrogens with zero attached hydrogens (tertiary/aromatic N) is 1. The van der Waals surface area contributed by atoms with Gasteiger partial charge in [-0.2, -0.15) is 0 Å². The fraction of sp³-hybridized carbons (Fsp3) is 0.304. The topological polar surface area (TPSA) is 51.2 Å². The third kappa shape index (κ3) is 5.20. The van der Waals surface area contributed by atoms with Gasteiger partial charge in [0.15, 0.2) is 5.13 Å². The molecule has 28 heavy (non-hydrogen) atoms. The van der Waals surface area contributed by atoms with E-state index in [1.165, 1.54) is 22.5 Å². The van der Waals surface area contributed by atoms with E-state index in [9.17, 15) is 4.79 Å². The molecule has 2 aromatic carbocycles. The molecule has 0 aliphatic heterocycles. The van der Waals surface area contributed by atoms with Gasteiger partial charge in [-0.05, 0) is 45.7 Å². The maximum atomic E-state index is 12.2. The van der Waals surface area contributed by atoms with Crippen molar-refractivity contribution in [1.82, 2.24) is 4.98 Å². The molecule has 0 unspecified atom stereocenters. The van der Waals surface area contributed by atoms with Gasteiger partial charge in [0.25, 0.3) is 0 Å². The minimum atomic E-state index is -0.0339. The van der Waals surface area contributed by atoms with Crippen LogP contribution < -0.4 is 10.1 Å². The lowest BCUT2D eigenvalue weighted by atomic mass is 10.1. The zero-order valence-electron chi connectivity index (χ0n) is 16.8. The highest BCUT2D eigenvalue weighted by Crippen LogP contribution is 2.30. The molecule has 0 radical (unpaired) electrons. The average molecular weight is 395 g/mol. The Labute approximate surface area is 170 Å². The molecule has 1 amide bonds. The lowest BCUT2D eigenvalue weighted by Gasteiger charge is -2.09. The fourth-order valence-electron chi connectivity index (χ4n) is 2.99. The number of aryl methyl sites for hydroxylation is 4. The van der Waals surface area contributed by atoms with Crippen molar-refractivity contribution in [3.63, 3.8) is 0 Å².